The van der Waals surface area contributed by atoms with Gasteiger partial charge < -0.3 is 0 Å². The van der Waals surface area contributed by atoms with Crippen molar-refractivity contribution in [2.45, 2.75) is 25.7 Å². The smallest absolute Gasteiger partial charge is 0.146 e. The lowest BCUT2D eigenvalue weighted by atomic mass is 9.91. The quantitative estimate of drug-likeness (QED) is 0.709. The first kappa shape index (κ1) is 8.22. The third-order valence-electron chi connectivity index (χ3n) is 3.87. The minimum Gasteiger partial charge on any atom is -0.298 e. The highest BCUT2D eigenvalue weighted by atomic mass is 16.1. The lowest BCUT2D eigenvalue weighted by Crippen LogP contribution is -2.15. The van der Waals surface area contributed by atoms with Gasteiger partial charge in [-0.25, -0.2) is 0 Å². The first-order valence-electron chi connectivity index (χ1n) is 5.33. The molecule has 0 unspecified atom stereocenters. The standard InChI is InChI=1S/C13H14O/c1-9(10-5-3-2-4-6-10)12(14)13-7-11(13)8-13/h2-6,9,11H,7-8H2,1H3/t9-,11?,13?/m1/s1. The van der Waals surface area contributed by atoms with Crippen molar-refractivity contribution < 1.29 is 4.79 Å². The average molecular weight is 186 g/mol. The van der Waals surface area contributed by atoms with Crippen LogP contribution in [0.1, 0.15) is 31.2 Å². The molecule has 3 rings (SSSR count). The molecular formula is C13H14O. The van der Waals surface area contributed by atoms with Crippen LogP contribution in [0.15, 0.2) is 30.3 Å². The van der Waals surface area contributed by atoms with E-state index in [2.05, 4.69) is 12.1 Å². The molecule has 0 amide bonds. The van der Waals surface area contributed by atoms with Gasteiger partial charge in [0.05, 0.1) is 0 Å². The molecule has 14 heavy (non-hydrogen) atoms. The Bertz CT molecular complexity index is 373. The van der Waals surface area contributed by atoms with E-state index in [9.17, 15) is 4.79 Å². The normalized spacial score (nSPS) is 34.5. The number of rotatable bonds is 3. The summed E-state index contributed by atoms with van der Waals surface area (Å²) in [6, 6.07) is 10.1. The molecule has 0 heterocycles. The third-order valence-corrected chi connectivity index (χ3v) is 3.87. The summed E-state index contributed by atoms with van der Waals surface area (Å²) in [5.74, 6) is 1.35. The molecule has 2 saturated carbocycles. The van der Waals surface area contributed by atoms with E-state index in [0.717, 1.165) is 5.92 Å². The Morgan fingerprint density at radius 2 is 1.93 bits per heavy atom. The summed E-state index contributed by atoms with van der Waals surface area (Å²) < 4.78 is 0. The maximum absolute atomic E-state index is 12.1. The molecule has 0 radical (unpaired) electrons. The predicted octanol–water partition coefficient (Wildman–Crippen LogP) is 2.77. The summed E-state index contributed by atoms with van der Waals surface area (Å²) in [5.41, 5.74) is 1.33. The van der Waals surface area contributed by atoms with Crippen molar-refractivity contribution in [3.63, 3.8) is 0 Å². The number of Topliss-reactive ketones (excluding diaryl/α,β-unsaturated/α-hetero) is 1. The van der Waals surface area contributed by atoms with Gasteiger partial charge in [0.1, 0.15) is 5.78 Å². The second kappa shape index (κ2) is 2.47. The summed E-state index contributed by atoms with van der Waals surface area (Å²) in [4.78, 5) is 12.1. The first-order chi connectivity index (χ1) is 6.74. The molecule has 1 heteroatoms. The monoisotopic (exact) mass is 186 g/mol. The number of fused-ring (bicyclic) bond motifs is 1. The highest BCUT2D eigenvalue weighted by molar-refractivity contribution is 5.96. The fraction of sp³-hybridized carbons (Fsp3) is 0.462. The van der Waals surface area contributed by atoms with E-state index in [0.29, 0.717) is 5.78 Å². The van der Waals surface area contributed by atoms with Gasteiger partial charge >= 0.3 is 0 Å². The van der Waals surface area contributed by atoms with Gasteiger partial charge in [-0.1, -0.05) is 37.3 Å². The fourth-order valence-corrected chi connectivity index (χ4v) is 2.43. The highest BCUT2D eigenvalue weighted by Crippen LogP contribution is 2.76. The molecule has 2 aliphatic rings. The number of carbonyl (C=O) groups is 1. The molecule has 0 N–H and O–H groups in total. The summed E-state index contributed by atoms with van der Waals surface area (Å²) in [5, 5.41) is 0. The van der Waals surface area contributed by atoms with Crippen LogP contribution >= 0.6 is 0 Å². The lowest BCUT2D eigenvalue weighted by Gasteiger charge is -2.12. The van der Waals surface area contributed by atoms with Crippen molar-refractivity contribution in [2.75, 3.05) is 0 Å². The van der Waals surface area contributed by atoms with Crippen molar-refractivity contribution in [3.8, 4) is 0 Å². The van der Waals surface area contributed by atoms with Gasteiger partial charge in [0.2, 0.25) is 0 Å². The first-order valence-corrected chi connectivity index (χ1v) is 5.33. The van der Waals surface area contributed by atoms with E-state index >= 15 is 0 Å². The third kappa shape index (κ3) is 0.985. The van der Waals surface area contributed by atoms with E-state index in [1.807, 2.05) is 25.1 Å². The number of hydrogen-bond donors (Lipinski definition) is 0. The molecule has 0 bridgehead atoms. The lowest BCUT2D eigenvalue weighted by molar-refractivity contribution is -0.123. The fourth-order valence-electron chi connectivity index (χ4n) is 2.43. The molecule has 1 nitrogen and oxygen atoms in total. The molecule has 0 saturated heterocycles. The van der Waals surface area contributed by atoms with Gasteiger partial charge in [-0.3, -0.25) is 4.79 Å². The molecule has 0 spiro atoms. The van der Waals surface area contributed by atoms with Crippen LogP contribution in [0, 0.1) is 11.3 Å². The topological polar surface area (TPSA) is 17.1 Å². The van der Waals surface area contributed by atoms with Gasteiger partial charge in [0.25, 0.3) is 0 Å². The van der Waals surface area contributed by atoms with Crippen LogP contribution in [0.5, 0.6) is 0 Å². The van der Waals surface area contributed by atoms with E-state index in [1.165, 1.54) is 18.4 Å². The van der Waals surface area contributed by atoms with Crippen LogP contribution in [-0.2, 0) is 4.79 Å². The van der Waals surface area contributed by atoms with Crippen LogP contribution < -0.4 is 0 Å². The highest BCUT2D eigenvalue weighted by Gasteiger charge is 2.74. The van der Waals surface area contributed by atoms with E-state index in [4.69, 9.17) is 0 Å². The second-order valence-corrected chi connectivity index (χ2v) is 4.76. The molecule has 72 valence electrons. The molecule has 2 aliphatic carbocycles. The predicted molar refractivity (Wildman–Crippen MR) is 55.0 cm³/mol. The summed E-state index contributed by atoms with van der Waals surface area (Å²) in [6.45, 7) is 2.04. The zero-order valence-electron chi connectivity index (χ0n) is 8.36. The number of benzene rings is 1. The Morgan fingerprint density at radius 1 is 1.36 bits per heavy atom. The Morgan fingerprint density at radius 3 is 2.43 bits per heavy atom. The van der Waals surface area contributed by atoms with Crippen molar-refractivity contribution in [2.24, 2.45) is 11.3 Å². The Kier molecular flexibility index (Phi) is 1.45. The zero-order valence-corrected chi connectivity index (χ0v) is 8.36. The van der Waals surface area contributed by atoms with Gasteiger partial charge in [-0.15, -0.1) is 0 Å². The van der Waals surface area contributed by atoms with E-state index in [-0.39, 0.29) is 11.3 Å². The average Bonchev–Trinajstić information content (AvgIpc) is 3.05. The zero-order chi connectivity index (χ0) is 9.76. The Balaban J connectivity index is 1.82. The Hall–Kier alpha value is -1.11. The molecule has 1 atom stereocenters. The van der Waals surface area contributed by atoms with Crippen molar-refractivity contribution in [1.82, 2.24) is 0 Å². The molecule has 0 aliphatic heterocycles. The minimum absolute atomic E-state index is 0.101. The molecular weight excluding hydrogens is 172 g/mol. The summed E-state index contributed by atoms with van der Waals surface area (Å²) in [6.07, 6.45) is 2.34. The summed E-state index contributed by atoms with van der Waals surface area (Å²) in [7, 11) is 0. The maximum atomic E-state index is 12.1. The van der Waals surface area contributed by atoms with Crippen LogP contribution in [0.25, 0.3) is 0 Å². The molecule has 2 fully saturated rings. The SMILES string of the molecule is C[C@@H](C(=O)C12CC1C2)c1ccccc1. The molecule has 1 aromatic carbocycles. The number of hydrogen-bond acceptors (Lipinski definition) is 1. The van der Waals surface area contributed by atoms with Crippen molar-refractivity contribution in [3.05, 3.63) is 35.9 Å². The maximum Gasteiger partial charge on any atom is 0.146 e. The van der Waals surface area contributed by atoms with Crippen LogP contribution in [0.2, 0.25) is 0 Å². The van der Waals surface area contributed by atoms with Gasteiger partial charge in [-0.05, 0) is 24.3 Å². The van der Waals surface area contributed by atoms with Crippen LogP contribution in [0.3, 0.4) is 0 Å². The van der Waals surface area contributed by atoms with E-state index in [1.54, 1.807) is 0 Å². The largest absolute Gasteiger partial charge is 0.298 e. The van der Waals surface area contributed by atoms with Crippen molar-refractivity contribution >= 4 is 5.78 Å². The molecule has 1 aromatic rings. The second-order valence-electron chi connectivity index (χ2n) is 4.76. The summed E-state index contributed by atoms with van der Waals surface area (Å²) >= 11 is 0. The van der Waals surface area contributed by atoms with E-state index < -0.39 is 0 Å². The van der Waals surface area contributed by atoms with Crippen LogP contribution in [-0.4, -0.2) is 5.78 Å². The Labute approximate surface area is 84.1 Å². The van der Waals surface area contributed by atoms with Crippen molar-refractivity contribution in [1.29, 1.82) is 0 Å². The number of ketones is 1. The van der Waals surface area contributed by atoms with Crippen LogP contribution in [0.4, 0.5) is 0 Å². The van der Waals surface area contributed by atoms with Gasteiger partial charge in [0, 0.05) is 11.3 Å². The van der Waals surface area contributed by atoms with Gasteiger partial charge in [0.15, 0.2) is 0 Å². The minimum atomic E-state index is 0.101. The molecule has 0 aromatic heterocycles. The van der Waals surface area contributed by atoms with Gasteiger partial charge in [-0.2, -0.15) is 0 Å². The number of carbonyl (C=O) groups excluding carboxylic acids is 1.